The van der Waals surface area contributed by atoms with Gasteiger partial charge in [0.1, 0.15) is 5.82 Å². The van der Waals surface area contributed by atoms with Gasteiger partial charge in [-0.3, -0.25) is 4.79 Å². The number of halogens is 1. The zero-order valence-corrected chi connectivity index (χ0v) is 14.3. The summed E-state index contributed by atoms with van der Waals surface area (Å²) >= 11 is 1.63. The summed E-state index contributed by atoms with van der Waals surface area (Å²) in [5, 5.41) is 12.7. The van der Waals surface area contributed by atoms with Crippen molar-refractivity contribution in [1.29, 1.82) is 0 Å². The average molecular weight is 335 g/mol. The van der Waals surface area contributed by atoms with E-state index < -0.39 is 11.4 Å². The summed E-state index contributed by atoms with van der Waals surface area (Å²) in [5.74, 6) is -0.982. The Balaban J connectivity index is 1.97. The number of benzene rings is 1. The lowest BCUT2D eigenvalue weighted by molar-refractivity contribution is -0.149. The van der Waals surface area contributed by atoms with Gasteiger partial charge in [-0.2, -0.15) is 0 Å². The van der Waals surface area contributed by atoms with E-state index in [0.717, 1.165) is 15.3 Å². The van der Waals surface area contributed by atoms with Crippen LogP contribution in [0.25, 0.3) is 10.4 Å². The third kappa shape index (κ3) is 4.18. The number of carboxylic acids is 1. The third-order valence-electron chi connectivity index (χ3n) is 4.36. The first kappa shape index (κ1) is 17.6. The zero-order valence-electron chi connectivity index (χ0n) is 13.4. The average Bonchev–Trinajstić information content (AvgIpc) is 3.01. The lowest BCUT2D eigenvalue weighted by atomic mass is 9.82. The van der Waals surface area contributed by atoms with Crippen molar-refractivity contribution < 1.29 is 14.3 Å². The van der Waals surface area contributed by atoms with Gasteiger partial charge < -0.3 is 10.4 Å². The van der Waals surface area contributed by atoms with Gasteiger partial charge in [0.2, 0.25) is 0 Å². The fourth-order valence-corrected chi connectivity index (χ4v) is 3.53. The molecule has 5 heteroatoms. The van der Waals surface area contributed by atoms with Gasteiger partial charge in [0.15, 0.2) is 0 Å². The highest BCUT2D eigenvalue weighted by Crippen LogP contribution is 2.29. The van der Waals surface area contributed by atoms with Gasteiger partial charge in [0.05, 0.1) is 5.41 Å². The Morgan fingerprint density at radius 2 is 1.83 bits per heavy atom. The van der Waals surface area contributed by atoms with E-state index in [9.17, 15) is 14.3 Å². The molecule has 23 heavy (non-hydrogen) atoms. The molecule has 2 N–H and O–H groups in total. The molecule has 1 aromatic heterocycles. The van der Waals surface area contributed by atoms with E-state index in [1.165, 1.54) is 12.1 Å². The Bertz CT molecular complexity index is 647. The van der Waals surface area contributed by atoms with Crippen LogP contribution in [0.15, 0.2) is 36.4 Å². The molecule has 1 heterocycles. The fourth-order valence-electron chi connectivity index (χ4n) is 2.55. The summed E-state index contributed by atoms with van der Waals surface area (Å²) in [4.78, 5) is 13.7. The van der Waals surface area contributed by atoms with Gasteiger partial charge in [-0.25, -0.2) is 4.39 Å². The summed E-state index contributed by atoms with van der Waals surface area (Å²) in [6.45, 7) is 4.92. The number of carbonyl (C=O) groups is 1. The minimum absolute atomic E-state index is 0.240. The second-order valence-corrected chi connectivity index (χ2v) is 6.84. The van der Waals surface area contributed by atoms with Crippen LogP contribution in [0, 0.1) is 11.2 Å². The molecule has 124 valence electrons. The van der Waals surface area contributed by atoms with Gasteiger partial charge >= 0.3 is 5.97 Å². The molecule has 0 bridgehead atoms. The number of thiophene rings is 1. The first-order chi connectivity index (χ1) is 11.0. The maximum absolute atomic E-state index is 13.0. The number of nitrogens with one attached hydrogen (secondary N) is 1. The van der Waals surface area contributed by atoms with Crippen LogP contribution in [0.2, 0.25) is 0 Å². The van der Waals surface area contributed by atoms with Gasteiger partial charge in [-0.1, -0.05) is 26.0 Å². The molecular weight excluding hydrogens is 313 g/mol. The molecule has 3 nitrogen and oxygen atoms in total. The lowest BCUT2D eigenvalue weighted by Gasteiger charge is -2.26. The molecule has 0 saturated carbocycles. The molecule has 0 spiro atoms. The lowest BCUT2D eigenvalue weighted by Crippen LogP contribution is -2.39. The van der Waals surface area contributed by atoms with Crippen LogP contribution in [-0.2, 0) is 11.3 Å². The molecule has 1 aromatic carbocycles. The van der Waals surface area contributed by atoms with Crippen molar-refractivity contribution in [3.63, 3.8) is 0 Å². The number of hydrogen-bond acceptors (Lipinski definition) is 3. The monoisotopic (exact) mass is 335 g/mol. The van der Waals surface area contributed by atoms with Crippen LogP contribution in [0.1, 0.15) is 31.6 Å². The van der Waals surface area contributed by atoms with Crippen molar-refractivity contribution in [3.05, 3.63) is 47.1 Å². The van der Waals surface area contributed by atoms with Crippen molar-refractivity contribution in [2.75, 3.05) is 6.54 Å². The summed E-state index contributed by atoms with van der Waals surface area (Å²) in [6.07, 6.45) is 1.22. The van der Waals surface area contributed by atoms with Gasteiger partial charge in [-0.05, 0) is 42.7 Å². The van der Waals surface area contributed by atoms with Crippen molar-refractivity contribution in [2.45, 2.75) is 33.2 Å². The predicted octanol–water partition coefficient (Wildman–Crippen LogP) is 4.53. The van der Waals surface area contributed by atoms with E-state index in [1.54, 1.807) is 23.5 Å². The maximum Gasteiger partial charge on any atom is 0.310 e. The Morgan fingerprint density at radius 3 is 2.39 bits per heavy atom. The molecule has 0 fully saturated rings. The van der Waals surface area contributed by atoms with E-state index in [1.807, 2.05) is 26.0 Å². The highest BCUT2D eigenvalue weighted by atomic mass is 32.1. The molecule has 2 aromatic rings. The molecule has 0 radical (unpaired) electrons. The van der Waals surface area contributed by atoms with E-state index in [4.69, 9.17) is 0 Å². The summed E-state index contributed by atoms with van der Waals surface area (Å²) < 4.78 is 13.0. The van der Waals surface area contributed by atoms with Crippen LogP contribution in [0.5, 0.6) is 0 Å². The van der Waals surface area contributed by atoms with Crippen molar-refractivity contribution in [1.82, 2.24) is 5.32 Å². The topological polar surface area (TPSA) is 49.3 Å². The summed E-state index contributed by atoms with van der Waals surface area (Å²) in [6, 6.07) is 10.5. The SMILES string of the molecule is CCC(CC)(CNCc1ccc(-c2ccc(F)cc2)s1)C(=O)O. The number of carboxylic acid groups (broad SMARTS) is 1. The molecule has 0 atom stereocenters. The smallest absolute Gasteiger partial charge is 0.310 e. The number of rotatable bonds is 8. The predicted molar refractivity (Wildman–Crippen MR) is 92.1 cm³/mol. The van der Waals surface area contributed by atoms with Crippen LogP contribution in [0.4, 0.5) is 4.39 Å². The Labute approximate surface area is 140 Å². The second-order valence-electron chi connectivity index (χ2n) is 5.67. The van der Waals surface area contributed by atoms with Crippen molar-refractivity contribution >= 4 is 17.3 Å². The third-order valence-corrected chi connectivity index (χ3v) is 5.49. The first-order valence-electron chi connectivity index (χ1n) is 7.79. The standard InChI is InChI=1S/C18H22FNO2S/c1-3-18(4-2,17(21)22)12-20-11-15-9-10-16(23-15)13-5-7-14(19)8-6-13/h5-10,20H,3-4,11-12H2,1-2H3,(H,21,22). The normalized spacial score (nSPS) is 11.6. The van der Waals surface area contributed by atoms with Gasteiger partial charge in [-0.15, -0.1) is 11.3 Å². The molecule has 0 aliphatic rings. The molecular formula is C18H22FNO2S. The zero-order chi connectivity index (χ0) is 16.9. The van der Waals surface area contributed by atoms with E-state index in [-0.39, 0.29) is 5.82 Å². The maximum atomic E-state index is 13.0. The first-order valence-corrected chi connectivity index (χ1v) is 8.61. The van der Waals surface area contributed by atoms with E-state index in [2.05, 4.69) is 5.32 Å². The minimum atomic E-state index is -0.742. The highest BCUT2D eigenvalue weighted by molar-refractivity contribution is 7.15. The Kier molecular flexibility index (Phi) is 5.91. The van der Waals surface area contributed by atoms with E-state index in [0.29, 0.717) is 25.9 Å². The minimum Gasteiger partial charge on any atom is -0.481 e. The van der Waals surface area contributed by atoms with Crippen LogP contribution < -0.4 is 5.32 Å². The fraction of sp³-hybridized carbons (Fsp3) is 0.389. The van der Waals surface area contributed by atoms with Crippen molar-refractivity contribution in [3.8, 4) is 10.4 Å². The van der Waals surface area contributed by atoms with Crippen LogP contribution >= 0.6 is 11.3 Å². The number of aliphatic carboxylic acids is 1. The molecule has 2 rings (SSSR count). The molecule has 0 saturated heterocycles. The van der Waals surface area contributed by atoms with Crippen molar-refractivity contribution in [2.24, 2.45) is 5.41 Å². The quantitative estimate of drug-likeness (QED) is 0.745. The Hall–Kier alpha value is -1.72. The van der Waals surface area contributed by atoms with E-state index >= 15 is 0 Å². The summed E-state index contributed by atoms with van der Waals surface area (Å²) in [5.41, 5.74) is 0.293. The second kappa shape index (κ2) is 7.70. The summed E-state index contributed by atoms with van der Waals surface area (Å²) in [7, 11) is 0. The van der Waals surface area contributed by atoms with Crippen LogP contribution in [-0.4, -0.2) is 17.6 Å². The van der Waals surface area contributed by atoms with Gasteiger partial charge in [0.25, 0.3) is 0 Å². The number of hydrogen-bond donors (Lipinski definition) is 2. The highest BCUT2D eigenvalue weighted by Gasteiger charge is 2.34. The molecule has 0 amide bonds. The molecule has 0 aliphatic heterocycles. The Morgan fingerprint density at radius 1 is 1.17 bits per heavy atom. The largest absolute Gasteiger partial charge is 0.481 e. The molecule has 0 aliphatic carbocycles. The van der Waals surface area contributed by atoms with Gasteiger partial charge in [0, 0.05) is 22.8 Å². The van der Waals surface area contributed by atoms with Crippen LogP contribution in [0.3, 0.4) is 0 Å². The molecule has 0 unspecified atom stereocenters.